The lowest BCUT2D eigenvalue weighted by Gasteiger charge is -2.38. The smallest absolute Gasteiger partial charge is 0.0771 e. The van der Waals surface area contributed by atoms with Crippen LogP contribution in [0.25, 0.3) is 0 Å². The third-order valence-electron chi connectivity index (χ3n) is 2.94. The van der Waals surface area contributed by atoms with Crippen molar-refractivity contribution in [2.75, 3.05) is 0 Å². The van der Waals surface area contributed by atoms with Gasteiger partial charge in [0, 0.05) is 17.1 Å². The first-order chi connectivity index (χ1) is 7.86. The van der Waals surface area contributed by atoms with E-state index in [1.54, 1.807) is 0 Å². The van der Waals surface area contributed by atoms with Crippen molar-refractivity contribution in [3.8, 4) is 12.3 Å². The standard InChI is InChI=1S/C15H20BrN/c1-6-15(4,5)17(12(2)3)11-13-8-7-9-14(16)10-13/h1,7-10,12H,11H2,2-5H3. The average Bonchev–Trinajstić information content (AvgIpc) is 2.25. The fourth-order valence-corrected chi connectivity index (χ4v) is 2.39. The number of nitrogens with zero attached hydrogens (tertiary/aromatic N) is 1. The Bertz CT molecular complexity index is 415. The highest BCUT2D eigenvalue weighted by Crippen LogP contribution is 2.21. The van der Waals surface area contributed by atoms with Crippen LogP contribution in [0.1, 0.15) is 33.3 Å². The predicted molar refractivity (Wildman–Crippen MR) is 77.7 cm³/mol. The molecule has 0 amide bonds. The Morgan fingerprint density at radius 3 is 2.53 bits per heavy atom. The number of benzene rings is 1. The summed E-state index contributed by atoms with van der Waals surface area (Å²) in [6.07, 6.45) is 5.63. The van der Waals surface area contributed by atoms with Crippen molar-refractivity contribution in [1.29, 1.82) is 0 Å². The Balaban J connectivity index is 2.93. The Morgan fingerprint density at radius 1 is 1.41 bits per heavy atom. The molecule has 0 atom stereocenters. The highest BCUT2D eigenvalue weighted by Gasteiger charge is 2.26. The van der Waals surface area contributed by atoms with Crippen LogP contribution >= 0.6 is 15.9 Å². The van der Waals surface area contributed by atoms with Gasteiger partial charge in [0.05, 0.1) is 5.54 Å². The van der Waals surface area contributed by atoms with Crippen molar-refractivity contribution >= 4 is 15.9 Å². The number of hydrogen-bond donors (Lipinski definition) is 0. The lowest BCUT2D eigenvalue weighted by Crippen LogP contribution is -2.46. The minimum Gasteiger partial charge on any atom is -0.281 e. The van der Waals surface area contributed by atoms with E-state index in [-0.39, 0.29) is 5.54 Å². The monoisotopic (exact) mass is 293 g/mol. The molecule has 0 fully saturated rings. The average molecular weight is 294 g/mol. The van der Waals surface area contributed by atoms with Crippen LogP contribution in [0.4, 0.5) is 0 Å². The van der Waals surface area contributed by atoms with Crippen molar-refractivity contribution in [1.82, 2.24) is 4.90 Å². The first-order valence-corrected chi connectivity index (χ1v) is 6.65. The quantitative estimate of drug-likeness (QED) is 0.757. The van der Waals surface area contributed by atoms with Crippen molar-refractivity contribution in [2.24, 2.45) is 0 Å². The molecule has 0 spiro atoms. The van der Waals surface area contributed by atoms with E-state index in [0.717, 1.165) is 11.0 Å². The molecule has 1 nitrogen and oxygen atoms in total. The van der Waals surface area contributed by atoms with Gasteiger partial charge in [-0.15, -0.1) is 6.42 Å². The van der Waals surface area contributed by atoms with Gasteiger partial charge in [0.1, 0.15) is 0 Å². The van der Waals surface area contributed by atoms with Crippen molar-refractivity contribution in [2.45, 2.75) is 45.8 Å². The normalized spacial score (nSPS) is 11.9. The van der Waals surface area contributed by atoms with E-state index < -0.39 is 0 Å². The molecule has 0 aromatic heterocycles. The first-order valence-electron chi connectivity index (χ1n) is 5.86. The maximum Gasteiger partial charge on any atom is 0.0771 e. The summed E-state index contributed by atoms with van der Waals surface area (Å²) < 4.78 is 1.11. The molecule has 0 unspecified atom stereocenters. The zero-order chi connectivity index (χ0) is 13.1. The molecule has 0 aliphatic heterocycles. The van der Waals surface area contributed by atoms with Gasteiger partial charge >= 0.3 is 0 Å². The molecule has 1 aromatic rings. The SMILES string of the molecule is C#CC(C)(C)N(Cc1cccc(Br)c1)C(C)C. The fraction of sp³-hybridized carbons (Fsp3) is 0.467. The third-order valence-corrected chi connectivity index (χ3v) is 3.43. The van der Waals surface area contributed by atoms with E-state index >= 15 is 0 Å². The molecule has 0 radical (unpaired) electrons. The molecule has 17 heavy (non-hydrogen) atoms. The van der Waals surface area contributed by atoms with Gasteiger partial charge in [-0.05, 0) is 45.4 Å². The van der Waals surface area contributed by atoms with E-state index in [1.165, 1.54) is 5.56 Å². The Kier molecular flexibility index (Phi) is 4.80. The molecule has 0 bridgehead atoms. The lowest BCUT2D eigenvalue weighted by molar-refractivity contribution is 0.119. The van der Waals surface area contributed by atoms with Gasteiger partial charge < -0.3 is 0 Å². The second kappa shape index (κ2) is 5.71. The number of hydrogen-bond acceptors (Lipinski definition) is 1. The van der Waals surface area contributed by atoms with Gasteiger partial charge in [-0.2, -0.15) is 0 Å². The zero-order valence-electron chi connectivity index (χ0n) is 11.0. The molecule has 2 heteroatoms. The maximum atomic E-state index is 5.63. The van der Waals surface area contributed by atoms with Crippen LogP contribution in [-0.4, -0.2) is 16.5 Å². The summed E-state index contributed by atoms with van der Waals surface area (Å²) in [6.45, 7) is 9.40. The highest BCUT2D eigenvalue weighted by atomic mass is 79.9. The lowest BCUT2D eigenvalue weighted by atomic mass is 10.0. The molecule has 0 saturated carbocycles. The molecule has 92 valence electrons. The van der Waals surface area contributed by atoms with E-state index in [0.29, 0.717) is 6.04 Å². The summed E-state index contributed by atoms with van der Waals surface area (Å²) in [7, 11) is 0. The van der Waals surface area contributed by atoms with E-state index in [2.05, 4.69) is 72.6 Å². The summed E-state index contributed by atoms with van der Waals surface area (Å²) in [5.41, 5.74) is 1.05. The highest BCUT2D eigenvalue weighted by molar-refractivity contribution is 9.10. The van der Waals surface area contributed by atoms with Crippen LogP contribution < -0.4 is 0 Å². The summed E-state index contributed by atoms with van der Waals surface area (Å²) in [5, 5.41) is 0. The van der Waals surface area contributed by atoms with Gasteiger partial charge in [0.15, 0.2) is 0 Å². The molecule has 0 saturated heterocycles. The van der Waals surface area contributed by atoms with Crippen LogP contribution in [0.5, 0.6) is 0 Å². The third kappa shape index (κ3) is 3.87. The van der Waals surface area contributed by atoms with Crippen molar-refractivity contribution in [3.63, 3.8) is 0 Å². The Morgan fingerprint density at radius 2 is 2.06 bits per heavy atom. The van der Waals surface area contributed by atoms with E-state index in [9.17, 15) is 0 Å². The van der Waals surface area contributed by atoms with Crippen molar-refractivity contribution < 1.29 is 0 Å². The second-order valence-corrected chi connectivity index (χ2v) is 5.97. The van der Waals surface area contributed by atoms with Gasteiger partial charge in [0.2, 0.25) is 0 Å². The summed E-state index contributed by atoms with van der Waals surface area (Å²) in [4.78, 5) is 2.33. The molecule has 0 aliphatic rings. The number of halogens is 1. The first kappa shape index (κ1) is 14.3. The van der Waals surface area contributed by atoms with Crippen LogP contribution in [0.2, 0.25) is 0 Å². The largest absolute Gasteiger partial charge is 0.281 e. The topological polar surface area (TPSA) is 3.24 Å². The molecule has 0 N–H and O–H groups in total. The molecular formula is C15H20BrN. The van der Waals surface area contributed by atoms with E-state index in [4.69, 9.17) is 6.42 Å². The zero-order valence-corrected chi connectivity index (χ0v) is 12.6. The van der Waals surface area contributed by atoms with Crippen LogP contribution in [-0.2, 0) is 6.54 Å². The summed E-state index contributed by atoms with van der Waals surface area (Å²) in [5.74, 6) is 2.87. The number of rotatable bonds is 4. The van der Waals surface area contributed by atoms with Gasteiger partial charge in [-0.1, -0.05) is 34.0 Å². The van der Waals surface area contributed by atoms with Crippen molar-refractivity contribution in [3.05, 3.63) is 34.3 Å². The van der Waals surface area contributed by atoms with Gasteiger partial charge in [0.25, 0.3) is 0 Å². The second-order valence-electron chi connectivity index (χ2n) is 5.05. The maximum absolute atomic E-state index is 5.63. The molecule has 0 aliphatic carbocycles. The summed E-state index contributed by atoms with van der Waals surface area (Å²) in [6, 6.07) is 8.78. The Hall–Kier alpha value is -0.780. The van der Waals surface area contributed by atoms with Crippen LogP contribution in [0.3, 0.4) is 0 Å². The van der Waals surface area contributed by atoms with E-state index in [1.807, 2.05) is 6.07 Å². The minimum atomic E-state index is -0.226. The van der Waals surface area contributed by atoms with Crippen LogP contribution in [0, 0.1) is 12.3 Å². The Labute approximate surface area is 113 Å². The molecule has 1 rings (SSSR count). The molecular weight excluding hydrogens is 274 g/mol. The van der Waals surface area contributed by atoms with Gasteiger partial charge in [-0.3, -0.25) is 4.90 Å². The number of terminal acetylenes is 1. The van der Waals surface area contributed by atoms with Crippen LogP contribution in [0.15, 0.2) is 28.7 Å². The fourth-order valence-electron chi connectivity index (χ4n) is 1.94. The molecule has 0 heterocycles. The van der Waals surface area contributed by atoms with Gasteiger partial charge in [-0.25, -0.2) is 0 Å². The minimum absolute atomic E-state index is 0.226. The summed E-state index contributed by atoms with van der Waals surface area (Å²) >= 11 is 3.50. The predicted octanol–water partition coefficient (Wildman–Crippen LogP) is 4.07. The molecule has 1 aromatic carbocycles.